The summed E-state index contributed by atoms with van der Waals surface area (Å²) in [6.45, 7) is 2.83. The molecule has 35 heavy (non-hydrogen) atoms. The number of sulfonamides is 1. The lowest BCUT2D eigenvalue weighted by Crippen LogP contribution is -2.51. The zero-order chi connectivity index (χ0) is 24.8. The summed E-state index contributed by atoms with van der Waals surface area (Å²) in [4.78, 5) is 26.6. The van der Waals surface area contributed by atoms with Gasteiger partial charge in [0.15, 0.2) is 0 Å². The Morgan fingerprint density at radius 1 is 1.03 bits per heavy atom. The summed E-state index contributed by atoms with van der Waals surface area (Å²) in [6.07, 6.45) is 2.75. The van der Waals surface area contributed by atoms with Gasteiger partial charge in [-0.15, -0.1) is 0 Å². The van der Waals surface area contributed by atoms with E-state index in [4.69, 9.17) is 4.74 Å². The Kier molecular flexibility index (Phi) is 7.35. The van der Waals surface area contributed by atoms with Gasteiger partial charge in [-0.2, -0.15) is 0 Å². The molecule has 10 nitrogen and oxygen atoms in total. The van der Waals surface area contributed by atoms with E-state index in [9.17, 15) is 13.2 Å². The molecule has 0 unspecified atom stereocenters. The minimum atomic E-state index is -3.74. The molecular formula is C24H28N6O4S. The number of anilines is 3. The highest BCUT2D eigenvalue weighted by Crippen LogP contribution is 2.22. The van der Waals surface area contributed by atoms with Gasteiger partial charge in [-0.1, -0.05) is 0 Å². The van der Waals surface area contributed by atoms with Gasteiger partial charge in [0, 0.05) is 50.8 Å². The first kappa shape index (κ1) is 24.3. The molecule has 1 aromatic heterocycles. The van der Waals surface area contributed by atoms with Crippen LogP contribution in [0.1, 0.15) is 0 Å². The molecule has 4 rings (SSSR count). The van der Waals surface area contributed by atoms with E-state index in [1.807, 2.05) is 41.1 Å². The van der Waals surface area contributed by atoms with Crippen molar-refractivity contribution in [3.8, 4) is 5.75 Å². The number of piperazine rings is 1. The summed E-state index contributed by atoms with van der Waals surface area (Å²) in [5, 5.41) is 0. The van der Waals surface area contributed by atoms with Gasteiger partial charge < -0.3 is 19.4 Å². The van der Waals surface area contributed by atoms with Crippen LogP contribution >= 0.6 is 0 Å². The van der Waals surface area contributed by atoms with Crippen LogP contribution in [-0.4, -0.2) is 76.1 Å². The quantitative estimate of drug-likeness (QED) is 0.505. The molecule has 0 atom stereocenters. The Balaban J connectivity index is 1.30. The van der Waals surface area contributed by atoms with Crippen molar-refractivity contribution in [2.24, 2.45) is 0 Å². The van der Waals surface area contributed by atoms with Gasteiger partial charge in [0.25, 0.3) is 10.0 Å². The van der Waals surface area contributed by atoms with Crippen LogP contribution in [0.2, 0.25) is 0 Å². The van der Waals surface area contributed by atoms with Gasteiger partial charge in [0.05, 0.1) is 18.6 Å². The molecule has 1 fully saturated rings. The number of aromatic nitrogens is 2. The van der Waals surface area contributed by atoms with Crippen LogP contribution in [-0.2, 0) is 14.8 Å². The molecule has 1 N–H and O–H groups in total. The second kappa shape index (κ2) is 10.6. The van der Waals surface area contributed by atoms with Gasteiger partial charge in [-0.25, -0.2) is 18.4 Å². The first-order valence-corrected chi connectivity index (χ1v) is 12.6. The van der Waals surface area contributed by atoms with E-state index in [0.29, 0.717) is 26.2 Å². The second-order valence-corrected chi connectivity index (χ2v) is 9.80. The Morgan fingerprint density at radius 3 is 2.31 bits per heavy atom. The van der Waals surface area contributed by atoms with E-state index in [1.54, 1.807) is 31.4 Å². The Hall–Kier alpha value is -3.86. The highest BCUT2D eigenvalue weighted by Gasteiger charge is 2.23. The minimum absolute atomic E-state index is 0.0696. The van der Waals surface area contributed by atoms with Crippen LogP contribution in [0.15, 0.2) is 72.0 Å². The zero-order valence-electron chi connectivity index (χ0n) is 19.7. The summed E-state index contributed by atoms with van der Waals surface area (Å²) in [5.74, 6) is 1.06. The molecule has 1 aliphatic heterocycles. The lowest BCUT2D eigenvalue weighted by molar-refractivity contribution is -0.129. The standard InChI is InChI=1S/C24H28N6O4S/c1-28(19-3-7-21(34-2)8-4-19)17-24(31)30-15-13-29(14-16-30)20-5-9-22(10-6-20)35(32,33)27-23-11-12-25-18-26-23/h3-12,18H,13-17H2,1-2H3,(H,25,26,27). The maximum absolute atomic E-state index is 12.8. The van der Waals surface area contributed by atoms with Crippen LogP contribution in [0, 0.1) is 0 Å². The Labute approximate surface area is 205 Å². The van der Waals surface area contributed by atoms with Crippen molar-refractivity contribution in [1.82, 2.24) is 14.9 Å². The smallest absolute Gasteiger partial charge is 0.263 e. The number of rotatable bonds is 8. The number of nitrogens with zero attached hydrogens (tertiary/aromatic N) is 5. The third-order valence-electron chi connectivity index (χ3n) is 5.85. The van der Waals surface area contributed by atoms with Gasteiger partial charge in [0.2, 0.25) is 5.91 Å². The lowest BCUT2D eigenvalue weighted by Gasteiger charge is -2.37. The molecule has 0 spiro atoms. The average Bonchev–Trinajstić information content (AvgIpc) is 2.89. The van der Waals surface area contributed by atoms with Crippen LogP contribution in [0.3, 0.4) is 0 Å². The number of carbonyl (C=O) groups excluding carboxylic acids is 1. The minimum Gasteiger partial charge on any atom is -0.497 e. The third kappa shape index (κ3) is 5.99. The number of benzene rings is 2. The van der Waals surface area contributed by atoms with E-state index in [0.717, 1.165) is 17.1 Å². The molecule has 0 radical (unpaired) electrons. The topological polar surface area (TPSA) is 108 Å². The molecule has 3 aromatic rings. The molecule has 184 valence electrons. The average molecular weight is 497 g/mol. The number of likely N-dealkylation sites (N-methyl/N-ethyl adjacent to an activating group) is 1. The number of amides is 1. The Bertz CT molecular complexity index is 1230. The number of carbonyl (C=O) groups is 1. The first-order valence-electron chi connectivity index (χ1n) is 11.1. The molecule has 1 amide bonds. The highest BCUT2D eigenvalue weighted by molar-refractivity contribution is 7.92. The fraction of sp³-hybridized carbons (Fsp3) is 0.292. The first-order chi connectivity index (χ1) is 16.9. The molecule has 0 saturated carbocycles. The number of ether oxygens (including phenoxy) is 1. The van der Waals surface area contributed by atoms with Gasteiger partial charge in [-0.3, -0.25) is 9.52 Å². The third-order valence-corrected chi connectivity index (χ3v) is 7.22. The predicted molar refractivity (Wildman–Crippen MR) is 134 cm³/mol. The molecule has 2 aromatic carbocycles. The fourth-order valence-corrected chi connectivity index (χ4v) is 4.84. The van der Waals surface area contributed by atoms with Crippen LogP contribution < -0.4 is 19.3 Å². The van der Waals surface area contributed by atoms with Crippen LogP contribution in [0.4, 0.5) is 17.2 Å². The van der Waals surface area contributed by atoms with E-state index < -0.39 is 10.0 Å². The van der Waals surface area contributed by atoms with Gasteiger partial charge in [-0.05, 0) is 54.6 Å². The molecule has 0 bridgehead atoms. The molecule has 11 heteroatoms. The van der Waals surface area contributed by atoms with E-state index in [2.05, 4.69) is 19.6 Å². The van der Waals surface area contributed by atoms with Crippen molar-refractivity contribution in [3.05, 3.63) is 67.1 Å². The number of nitrogens with one attached hydrogen (secondary N) is 1. The van der Waals surface area contributed by atoms with Crippen molar-refractivity contribution in [1.29, 1.82) is 0 Å². The zero-order valence-corrected chi connectivity index (χ0v) is 20.5. The lowest BCUT2D eigenvalue weighted by atomic mass is 10.2. The largest absolute Gasteiger partial charge is 0.497 e. The van der Waals surface area contributed by atoms with Crippen molar-refractivity contribution in [2.45, 2.75) is 4.90 Å². The maximum Gasteiger partial charge on any atom is 0.263 e. The van der Waals surface area contributed by atoms with Crippen molar-refractivity contribution in [2.75, 3.05) is 61.4 Å². The van der Waals surface area contributed by atoms with E-state index >= 15 is 0 Å². The Morgan fingerprint density at radius 2 is 1.71 bits per heavy atom. The van der Waals surface area contributed by atoms with Crippen molar-refractivity contribution >= 4 is 33.1 Å². The molecule has 1 aliphatic rings. The number of hydrogen-bond acceptors (Lipinski definition) is 8. The van der Waals surface area contributed by atoms with Gasteiger partial charge >= 0.3 is 0 Å². The fourth-order valence-electron chi connectivity index (χ4n) is 3.83. The molecule has 1 saturated heterocycles. The molecule has 2 heterocycles. The van der Waals surface area contributed by atoms with E-state index in [1.165, 1.54) is 18.6 Å². The predicted octanol–water partition coefficient (Wildman–Crippen LogP) is 2.07. The summed E-state index contributed by atoms with van der Waals surface area (Å²) in [7, 11) is -0.226. The summed E-state index contributed by atoms with van der Waals surface area (Å²) in [6, 6.07) is 15.8. The SMILES string of the molecule is COc1ccc(N(C)CC(=O)N2CCN(c3ccc(S(=O)(=O)Nc4ccncn4)cc3)CC2)cc1. The van der Waals surface area contributed by atoms with Crippen molar-refractivity contribution < 1.29 is 17.9 Å². The number of hydrogen-bond donors (Lipinski definition) is 1. The monoisotopic (exact) mass is 496 g/mol. The van der Waals surface area contributed by atoms with E-state index in [-0.39, 0.29) is 23.2 Å². The summed E-state index contributed by atoms with van der Waals surface area (Å²) in [5.41, 5.74) is 1.86. The van der Waals surface area contributed by atoms with Crippen molar-refractivity contribution in [3.63, 3.8) is 0 Å². The molecular weight excluding hydrogens is 468 g/mol. The van der Waals surface area contributed by atoms with Crippen LogP contribution in [0.25, 0.3) is 0 Å². The summed E-state index contributed by atoms with van der Waals surface area (Å²) >= 11 is 0. The van der Waals surface area contributed by atoms with Crippen LogP contribution in [0.5, 0.6) is 5.75 Å². The normalized spacial score (nSPS) is 13.9. The second-order valence-electron chi connectivity index (χ2n) is 8.12. The highest BCUT2D eigenvalue weighted by atomic mass is 32.2. The number of methoxy groups -OCH3 is 1. The molecule has 0 aliphatic carbocycles. The van der Waals surface area contributed by atoms with Gasteiger partial charge in [0.1, 0.15) is 17.9 Å². The maximum atomic E-state index is 12.8. The summed E-state index contributed by atoms with van der Waals surface area (Å²) < 4.78 is 32.8.